The molecule has 8 nitrogen and oxygen atoms in total. The standard InChI is InChI=1S/C41H39N7O/c42-41(38(46-40(49)24-32-15-7-8-22-43-32)23-31-26-45-37-20-6-4-18-35(31)37)47-39(21-10-13-29-25-44-36-19-5-3-17-34(29)36)48(41)27-30-14-9-12-28-11-1-2-16-33(28)30/h1-9,11-12,14-20,22,25-26,38,44-45H,10,13,21,23-24,27,42H2,(H,46,49)/t38-,41-/m1/s1. The molecule has 0 aliphatic carbocycles. The zero-order valence-corrected chi connectivity index (χ0v) is 27.3. The highest BCUT2D eigenvalue weighted by Gasteiger charge is 2.49. The minimum atomic E-state index is -1.16. The van der Waals surface area contributed by atoms with Gasteiger partial charge in [-0.1, -0.05) is 84.9 Å². The van der Waals surface area contributed by atoms with Gasteiger partial charge in [0.15, 0.2) is 0 Å². The quantitative estimate of drug-likeness (QED) is 0.114. The number of benzene rings is 4. The first-order valence-corrected chi connectivity index (χ1v) is 17.0. The maximum Gasteiger partial charge on any atom is 0.226 e. The minimum absolute atomic E-state index is 0.138. The molecule has 3 aromatic heterocycles. The van der Waals surface area contributed by atoms with E-state index in [2.05, 4.69) is 110 Å². The summed E-state index contributed by atoms with van der Waals surface area (Å²) in [6.45, 7) is 0.574. The lowest BCUT2D eigenvalue weighted by Crippen LogP contribution is -2.74. The van der Waals surface area contributed by atoms with Gasteiger partial charge in [-0.15, -0.1) is 0 Å². The van der Waals surface area contributed by atoms with Gasteiger partial charge in [0.1, 0.15) is 5.84 Å². The van der Waals surface area contributed by atoms with E-state index in [0.29, 0.717) is 18.7 Å². The molecule has 4 heterocycles. The molecule has 2 atom stereocenters. The van der Waals surface area contributed by atoms with E-state index < -0.39 is 11.8 Å². The molecule has 0 saturated carbocycles. The van der Waals surface area contributed by atoms with Crippen LogP contribution in [-0.4, -0.2) is 43.4 Å². The fourth-order valence-electron chi connectivity index (χ4n) is 7.28. The van der Waals surface area contributed by atoms with Crippen molar-refractivity contribution in [2.45, 2.75) is 50.5 Å². The van der Waals surface area contributed by atoms with Crippen LogP contribution in [0.1, 0.15) is 35.2 Å². The van der Waals surface area contributed by atoms with Gasteiger partial charge in [-0.2, -0.15) is 0 Å². The van der Waals surface area contributed by atoms with Crippen molar-refractivity contribution < 1.29 is 4.79 Å². The van der Waals surface area contributed by atoms with Gasteiger partial charge in [-0.25, -0.2) is 4.99 Å². The Morgan fingerprint density at radius 2 is 1.43 bits per heavy atom. The Morgan fingerprint density at radius 1 is 0.755 bits per heavy atom. The maximum atomic E-state index is 13.6. The molecule has 8 heteroatoms. The molecular formula is C41H39N7O. The lowest BCUT2D eigenvalue weighted by molar-refractivity contribution is -0.122. The van der Waals surface area contributed by atoms with Gasteiger partial charge in [-0.3, -0.25) is 15.5 Å². The Kier molecular flexibility index (Phi) is 8.15. The average molecular weight is 646 g/mol. The Labute approximate surface area is 285 Å². The molecule has 0 spiro atoms. The van der Waals surface area contributed by atoms with E-state index in [1.807, 2.05) is 36.5 Å². The van der Waals surface area contributed by atoms with Crippen LogP contribution in [0.5, 0.6) is 0 Å². The molecule has 8 rings (SSSR count). The van der Waals surface area contributed by atoms with E-state index >= 15 is 0 Å². The van der Waals surface area contributed by atoms with E-state index in [9.17, 15) is 4.79 Å². The van der Waals surface area contributed by atoms with Gasteiger partial charge in [0.2, 0.25) is 11.7 Å². The zero-order valence-electron chi connectivity index (χ0n) is 27.3. The Balaban J connectivity index is 1.12. The third kappa shape index (κ3) is 6.07. The van der Waals surface area contributed by atoms with Gasteiger partial charge < -0.3 is 20.2 Å². The van der Waals surface area contributed by atoms with Crippen LogP contribution in [0.3, 0.4) is 0 Å². The average Bonchev–Trinajstić information content (AvgIpc) is 3.74. The van der Waals surface area contributed by atoms with Gasteiger partial charge >= 0.3 is 0 Å². The number of fused-ring (bicyclic) bond motifs is 3. The fraction of sp³-hybridized carbons (Fsp3) is 0.195. The SMILES string of the molecule is N[C@]1([C@@H](Cc2c[nH]c3ccccc23)NC(=O)Cc2ccccn2)N=C(CCCc2c[nH]c3ccccc23)N1Cc1cccc2ccccc12. The number of pyridine rings is 1. The Morgan fingerprint density at radius 3 is 2.20 bits per heavy atom. The second-order valence-electron chi connectivity index (χ2n) is 12.9. The summed E-state index contributed by atoms with van der Waals surface area (Å²) in [7, 11) is 0. The molecule has 5 N–H and O–H groups in total. The number of nitrogens with one attached hydrogen (secondary N) is 3. The molecule has 1 aliphatic heterocycles. The number of nitrogens with zero attached hydrogens (tertiary/aromatic N) is 3. The van der Waals surface area contributed by atoms with Crippen molar-refractivity contribution in [3.05, 3.63) is 150 Å². The summed E-state index contributed by atoms with van der Waals surface area (Å²) in [6, 6.07) is 36.6. The first kappa shape index (κ1) is 30.6. The van der Waals surface area contributed by atoms with Crippen molar-refractivity contribution in [2.75, 3.05) is 0 Å². The number of aliphatic imine (C=N–C) groups is 1. The summed E-state index contributed by atoms with van der Waals surface area (Å²) in [6.07, 6.45) is 9.11. The molecule has 1 amide bonds. The van der Waals surface area contributed by atoms with E-state index in [-0.39, 0.29) is 12.3 Å². The van der Waals surface area contributed by atoms with Crippen LogP contribution in [-0.2, 0) is 30.6 Å². The van der Waals surface area contributed by atoms with Crippen molar-refractivity contribution in [2.24, 2.45) is 10.7 Å². The fourth-order valence-corrected chi connectivity index (χ4v) is 7.28. The third-order valence-corrected chi connectivity index (χ3v) is 9.80. The number of hydrogen-bond donors (Lipinski definition) is 4. The number of carbonyl (C=O) groups is 1. The van der Waals surface area contributed by atoms with Crippen LogP contribution in [0.4, 0.5) is 0 Å². The van der Waals surface area contributed by atoms with Crippen molar-refractivity contribution in [3.8, 4) is 0 Å². The monoisotopic (exact) mass is 645 g/mol. The molecule has 4 aromatic carbocycles. The topological polar surface area (TPSA) is 115 Å². The zero-order chi connectivity index (χ0) is 33.2. The minimum Gasteiger partial charge on any atom is -0.361 e. The molecule has 0 radical (unpaired) electrons. The number of aromatic nitrogens is 3. The summed E-state index contributed by atoms with van der Waals surface area (Å²) >= 11 is 0. The number of aryl methyl sites for hydroxylation is 1. The molecule has 1 aliphatic rings. The number of nitrogens with two attached hydrogens (primary N) is 1. The van der Waals surface area contributed by atoms with Crippen LogP contribution < -0.4 is 11.1 Å². The van der Waals surface area contributed by atoms with E-state index in [1.165, 1.54) is 27.3 Å². The first-order chi connectivity index (χ1) is 24.0. The largest absolute Gasteiger partial charge is 0.361 e. The summed E-state index contributed by atoms with van der Waals surface area (Å²) in [4.78, 5) is 32.2. The molecule has 244 valence electrons. The van der Waals surface area contributed by atoms with E-state index in [0.717, 1.165) is 47.1 Å². The number of hydrogen-bond acceptors (Lipinski definition) is 5. The smallest absolute Gasteiger partial charge is 0.226 e. The van der Waals surface area contributed by atoms with Crippen molar-refractivity contribution in [3.63, 3.8) is 0 Å². The number of carbonyl (C=O) groups excluding carboxylic acids is 1. The molecule has 0 bridgehead atoms. The van der Waals surface area contributed by atoms with Crippen LogP contribution >= 0.6 is 0 Å². The van der Waals surface area contributed by atoms with Crippen LogP contribution in [0.15, 0.2) is 133 Å². The molecule has 7 aromatic rings. The number of rotatable bonds is 12. The second-order valence-corrected chi connectivity index (χ2v) is 12.9. The molecule has 49 heavy (non-hydrogen) atoms. The van der Waals surface area contributed by atoms with Gasteiger partial charge in [0, 0.05) is 65.5 Å². The molecule has 0 saturated heterocycles. The second kappa shape index (κ2) is 13.1. The lowest BCUT2D eigenvalue weighted by Gasteiger charge is -2.52. The number of H-pyrrole nitrogens is 2. The van der Waals surface area contributed by atoms with Gasteiger partial charge in [0.05, 0.1) is 12.5 Å². The predicted molar refractivity (Wildman–Crippen MR) is 197 cm³/mol. The predicted octanol–water partition coefficient (Wildman–Crippen LogP) is 7.02. The van der Waals surface area contributed by atoms with E-state index in [1.54, 1.807) is 6.20 Å². The highest BCUT2D eigenvalue weighted by Crippen LogP contribution is 2.35. The highest BCUT2D eigenvalue weighted by molar-refractivity contribution is 5.91. The summed E-state index contributed by atoms with van der Waals surface area (Å²) in [5, 5.41) is 8.04. The van der Waals surface area contributed by atoms with Crippen LogP contribution in [0.2, 0.25) is 0 Å². The Bertz CT molecular complexity index is 2280. The van der Waals surface area contributed by atoms with Crippen LogP contribution in [0.25, 0.3) is 32.6 Å². The van der Waals surface area contributed by atoms with Crippen molar-refractivity contribution >= 4 is 44.3 Å². The highest BCUT2D eigenvalue weighted by atomic mass is 16.1. The molecular weight excluding hydrogens is 606 g/mol. The van der Waals surface area contributed by atoms with Crippen LogP contribution in [0, 0.1) is 0 Å². The lowest BCUT2D eigenvalue weighted by atomic mass is 9.93. The van der Waals surface area contributed by atoms with Crippen molar-refractivity contribution in [1.82, 2.24) is 25.2 Å². The normalized spacial score (nSPS) is 16.5. The molecule has 0 unspecified atom stereocenters. The molecule has 0 fully saturated rings. The van der Waals surface area contributed by atoms with Gasteiger partial charge in [0.25, 0.3) is 0 Å². The number of amidine groups is 1. The number of aromatic amines is 2. The number of amides is 1. The van der Waals surface area contributed by atoms with E-state index in [4.69, 9.17) is 10.7 Å². The summed E-state index contributed by atoms with van der Waals surface area (Å²) in [5.41, 5.74) is 13.9. The summed E-state index contributed by atoms with van der Waals surface area (Å²) < 4.78 is 0. The first-order valence-electron chi connectivity index (χ1n) is 17.0. The third-order valence-electron chi connectivity index (χ3n) is 9.80. The Hall–Kier alpha value is -5.73. The maximum absolute atomic E-state index is 13.6. The summed E-state index contributed by atoms with van der Waals surface area (Å²) in [5.74, 6) is -0.342. The number of para-hydroxylation sites is 2. The van der Waals surface area contributed by atoms with Gasteiger partial charge in [-0.05, 0) is 64.6 Å². The van der Waals surface area contributed by atoms with Crippen molar-refractivity contribution in [1.29, 1.82) is 0 Å².